The van der Waals surface area contributed by atoms with Gasteiger partial charge in [-0.05, 0) is 55.5 Å². The number of hydrogen-bond acceptors (Lipinski definition) is 1. The number of halogens is 1. The summed E-state index contributed by atoms with van der Waals surface area (Å²) < 4.78 is 12.8. The molecule has 1 aliphatic rings. The molecule has 0 amide bonds. The molecule has 0 spiro atoms. The van der Waals surface area contributed by atoms with Gasteiger partial charge < -0.3 is 5.73 Å². The Hall–Kier alpha value is -0.890. The molecule has 2 rings (SSSR count). The maximum absolute atomic E-state index is 12.8. The average Bonchev–Trinajstić information content (AvgIpc) is 2.56. The zero-order chi connectivity index (χ0) is 15.7. The van der Waals surface area contributed by atoms with Crippen molar-refractivity contribution in [3.05, 3.63) is 35.9 Å². The fourth-order valence-corrected chi connectivity index (χ4v) is 4.27. The van der Waals surface area contributed by atoms with E-state index in [1.165, 1.54) is 56.9 Å². The summed E-state index contributed by atoms with van der Waals surface area (Å²) in [6.45, 7) is 0.647. The van der Waals surface area contributed by atoms with Crippen molar-refractivity contribution in [3.63, 3.8) is 0 Å². The first-order valence-corrected chi connectivity index (χ1v) is 9.12. The highest BCUT2D eigenvalue weighted by atomic mass is 19.1. The van der Waals surface area contributed by atoms with Gasteiger partial charge in [-0.25, -0.2) is 0 Å². The largest absolute Gasteiger partial charge is 0.330 e. The van der Waals surface area contributed by atoms with E-state index in [0.717, 1.165) is 19.4 Å². The SMILES string of the molecule is NCCCCCCC1(c2ccccc2)CCCC(CCF)C1. The minimum absolute atomic E-state index is 0.161. The van der Waals surface area contributed by atoms with Crippen LogP contribution in [0.25, 0.3) is 0 Å². The Morgan fingerprint density at radius 3 is 2.59 bits per heavy atom. The van der Waals surface area contributed by atoms with Crippen LogP contribution in [0.1, 0.15) is 69.8 Å². The highest BCUT2D eigenvalue weighted by molar-refractivity contribution is 5.26. The lowest BCUT2D eigenvalue weighted by Crippen LogP contribution is -2.33. The summed E-state index contributed by atoms with van der Waals surface area (Å²) in [5, 5.41) is 0. The second-order valence-corrected chi connectivity index (χ2v) is 7.04. The molecule has 2 N–H and O–H groups in total. The lowest BCUT2D eigenvalue weighted by molar-refractivity contribution is 0.186. The Morgan fingerprint density at radius 2 is 1.86 bits per heavy atom. The van der Waals surface area contributed by atoms with Crippen LogP contribution in [0.2, 0.25) is 0 Å². The van der Waals surface area contributed by atoms with Gasteiger partial charge in [-0.1, -0.05) is 62.4 Å². The van der Waals surface area contributed by atoms with E-state index in [9.17, 15) is 4.39 Å². The lowest BCUT2D eigenvalue weighted by Gasteiger charge is -2.42. The predicted molar refractivity (Wildman–Crippen MR) is 92.8 cm³/mol. The molecule has 1 fully saturated rings. The van der Waals surface area contributed by atoms with Crippen LogP contribution in [0, 0.1) is 5.92 Å². The maximum Gasteiger partial charge on any atom is 0.0897 e. The van der Waals surface area contributed by atoms with Gasteiger partial charge in [0.25, 0.3) is 0 Å². The van der Waals surface area contributed by atoms with E-state index in [2.05, 4.69) is 30.3 Å². The summed E-state index contributed by atoms with van der Waals surface area (Å²) in [4.78, 5) is 0. The highest BCUT2D eigenvalue weighted by Gasteiger charge is 2.36. The number of nitrogens with two attached hydrogens (primary N) is 1. The number of rotatable bonds is 9. The van der Waals surface area contributed by atoms with E-state index < -0.39 is 0 Å². The monoisotopic (exact) mass is 305 g/mol. The lowest BCUT2D eigenvalue weighted by atomic mass is 9.63. The van der Waals surface area contributed by atoms with Crippen LogP contribution in [0.3, 0.4) is 0 Å². The Morgan fingerprint density at radius 1 is 1.09 bits per heavy atom. The zero-order valence-electron chi connectivity index (χ0n) is 13.9. The molecule has 0 radical (unpaired) electrons. The third-order valence-corrected chi connectivity index (χ3v) is 5.46. The number of unbranched alkanes of at least 4 members (excludes halogenated alkanes) is 3. The molecule has 0 aromatic heterocycles. The number of alkyl halides is 1. The zero-order valence-corrected chi connectivity index (χ0v) is 13.9. The summed E-state index contributed by atoms with van der Waals surface area (Å²) >= 11 is 0. The maximum atomic E-state index is 12.8. The fourth-order valence-electron chi connectivity index (χ4n) is 4.27. The van der Waals surface area contributed by atoms with Crippen molar-refractivity contribution in [1.82, 2.24) is 0 Å². The van der Waals surface area contributed by atoms with Crippen molar-refractivity contribution < 1.29 is 4.39 Å². The van der Waals surface area contributed by atoms with Crippen LogP contribution in [-0.4, -0.2) is 13.2 Å². The molecule has 1 saturated carbocycles. The van der Waals surface area contributed by atoms with Crippen LogP contribution in [0.15, 0.2) is 30.3 Å². The van der Waals surface area contributed by atoms with Crippen molar-refractivity contribution in [2.75, 3.05) is 13.2 Å². The van der Waals surface area contributed by atoms with Crippen LogP contribution in [0.4, 0.5) is 4.39 Å². The van der Waals surface area contributed by atoms with Crippen LogP contribution < -0.4 is 5.73 Å². The van der Waals surface area contributed by atoms with Gasteiger partial charge in [0.2, 0.25) is 0 Å². The number of hydrogen-bond donors (Lipinski definition) is 1. The summed E-state index contributed by atoms with van der Waals surface area (Å²) in [5.41, 5.74) is 7.36. The molecule has 0 bridgehead atoms. The average molecular weight is 305 g/mol. The molecule has 2 heteroatoms. The quantitative estimate of drug-likeness (QED) is 0.609. The number of benzene rings is 1. The van der Waals surface area contributed by atoms with Crippen molar-refractivity contribution in [1.29, 1.82) is 0 Å². The van der Waals surface area contributed by atoms with Gasteiger partial charge in [-0.3, -0.25) is 4.39 Å². The van der Waals surface area contributed by atoms with Gasteiger partial charge >= 0.3 is 0 Å². The van der Waals surface area contributed by atoms with Gasteiger partial charge in [-0.15, -0.1) is 0 Å². The van der Waals surface area contributed by atoms with E-state index in [4.69, 9.17) is 5.73 Å². The first kappa shape index (κ1) is 17.5. The molecular weight excluding hydrogens is 273 g/mol. The van der Waals surface area contributed by atoms with Crippen molar-refractivity contribution in [2.45, 2.75) is 69.6 Å². The van der Waals surface area contributed by atoms with Gasteiger partial charge in [0, 0.05) is 0 Å². The Kier molecular flexibility index (Phi) is 7.38. The Labute approximate surface area is 135 Å². The first-order valence-electron chi connectivity index (χ1n) is 9.12. The van der Waals surface area contributed by atoms with E-state index in [1.54, 1.807) is 0 Å². The van der Waals surface area contributed by atoms with Crippen molar-refractivity contribution in [3.8, 4) is 0 Å². The molecule has 0 aliphatic heterocycles. The summed E-state index contributed by atoms with van der Waals surface area (Å²) in [7, 11) is 0. The molecule has 0 heterocycles. The Balaban J connectivity index is 2.03. The van der Waals surface area contributed by atoms with E-state index in [1.807, 2.05) is 0 Å². The van der Waals surface area contributed by atoms with Crippen LogP contribution in [0.5, 0.6) is 0 Å². The van der Waals surface area contributed by atoms with Crippen molar-refractivity contribution in [2.24, 2.45) is 11.7 Å². The molecular formula is C20H32FN. The molecule has 22 heavy (non-hydrogen) atoms. The molecule has 1 aromatic rings. The minimum Gasteiger partial charge on any atom is -0.330 e. The molecule has 1 aromatic carbocycles. The van der Waals surface area contributed by atoms with Crippen LogP contribution >= 0.6 is 0 Å². The topological polar surface area (TPSA) is 26.0 Å². The van der Waals surface area contributed by atoms with Crippen molar-refractivity contribution >= 4 is 0 Å². The minimum atomic E-state index is -0.161. The van der Waals surface area contributed by atoms with Crippen LogP contribution in [-0.2, 0) is 5.41 Å². The third-order valence-electron chi connectivity index (χ3n) is 5.46. The normalized spacial score (nSPS) is 25.3. The molecule has 1 nitrogen and oxygen atoms in total. The second-order valence-electron chi connectivity index (χ2n) is 7.04. The van der Waals surface area contributed by atoms with Gasteiger partial charge in [-0.2, -0.15) is 0 Å². The predicted octanol–water partition coefficient (Wildman–Crippen LogP) is 5.38. The second kappa shape index (κ2) is 9.29. The third kappa shape index (κ3) is 4.81. The molecule has 1 aliphatic carbocycles. The summed E-state index contributed by atoms with van der Waals surface area (Å²) in [6, 6.07) is 11.0. The molecule has 124 valence electrons. The van der Waals surface area contributed by atoms with E-state index >= 15 is 0 Å². The first-order chi connectivity index (χ1) is 10.8. The smallest absolute Gasteiger partial charge is 0.0897 e. The summed E-state index contributed by atoms with van der Waals surface area (Å²) in [5.74, 6) is 0.572. The molecule has 2 unspecified atom stereocenters. The molecule has 0 saturated heterocycles. The van der Waals surface area contributed by atoms with E-state index in [0.29, 0.717) is 11.3 Å². The fraction of sp³-hybridized carbons (Fsp3) is 0.700. The van der Waals surface area contributed by atoms with Gasteiger partial charge in [0.1, 0.15) is 0 Å². The highest BCUT2D eigenvalue weighted by Crippen LogP contribution is 2.46. The van der Waals surface area contributed by atoms with E-state index in [-0.39, 0.29) is 6.67 Å². The van der Waals surface area contributed by atoms with Gasteiger partial charge in [0.05, 0.1) is 6.67 Å². The summed E-state index contributed by atoms with van der Waals surface area (Å²) in [6.07, 6.45) is 11.9. The standard InChI is InChI=1S/C20H32FN/c21-15-12-18-9-8-14-20(17-18,13-6-1-2-7-16-22)19-10-4-3-5-11-19/h3-5,10-11,18H,1-2,6-9,12-17,22H2. The molecule has 2 atom stereocenters. The Bertz CT molecular complexity index is 403. The van der Waals surface area contributed by atoms with Gasteiger partial charge in [0.15, 0.2) is 0 Å².